The van der Waals surface area contributed by atoms with Crippen LogP contribution < -0.4 is 11.2 Å². The second kappa shape index (κ2) is 4.47. The third-order valence-electron chi connectivity index (χ3n) is 1.50. The summed E-state index contributed by atoms with van der Waals surface area (Å²) in [6.45, 7) is 2.42. The van der Waals surface area contributed by atoms with Gasteiger partial charge in [0.15, 0.2) is 0 Å². The van der Waals surface area contributed by atoms with Crippen LogP contribution in [0.4, 0.5) is 0 Å². The summed E-state index contributed by atoms with van der Waals surface area (Å²) in [6.07, 6.45) is 0. The number of benzene rings is 1. The van der Waals surface area contributed by atoms with Gasteiger partial charge in [-0.3, -0.25) is 10.2 Å². The van der Waals surface area contributed by atoms with E-state index in [1.54, 1.807) is 0 Å². The molecule has 0 heterocycles. The molecule has 0 spiro atoms. The largest absolute Gasteiger partial charge is 0.368 e. The van der Waals surface area contributed by atoms with Gasteiger partial charge in [0, 0.05) is 0 Å². The number of rotatable bonds is 3. The standard InChI is InChI=1S/C9H13N3O/c1-7-3-2-4-8(5-7)6-13-12-9(10)11/h2-5H,6H2,1H3,(H4,10,11,12). The summed E-state index contributed by atoms with van der Waals surface area (Å²) in [6, 6.07) is 7.94. The van der Waals surface area contributed by atoms with Crippen molar-refractivity contribution in [3.63, 3.8) is 0 Å². The molecule has 70 valence electrons. The number of hydrogen-bond donors (Lipinski definition) is 3. The lowest BCUT2D eigenvalue weighted by atomic mass is 10.1. The van der Waals surface area contributed by atoms with E-state index in [0.29, 0.717) is 6.61 Å². The molecule has 0 bridgehead atoms. The highest BCUT2D eigenvalue weighted by atomic mass is 16.6. The first kappa shape index (κ1) is 9.54. The van der Waals surface area contributed by atoms with E-state index in [1.807, 2.05) is 31.2 Å². The lowest BCUT2D eigenvalue weighted by Gasteiger charge is -2.04. The summed E-state index contributed by atoms with van der Waals surface area (Å²) in [5.41, 5.74) is 9.54. The highest BCUT2D eigenvalue weighted by Gasteiger charge is 1.93. The molecule has 1 aromatic carbocycles. The van der Waals surface area contributed by atoms with Crippen LogP contribution in [-0.4, -0.2) is 5.96 Å². The fourth-order valence-electron chi connectivity index (χ4n) is 0.999. The molecule has 4 N–H and O–H groups in total. The zero-order valence-electron chi connectivity index (χ0n) is 7.50. The topological polar surface area (TPSA) is 71.1 Å². The van der Waals surface area contributed by atoms with E-state index in [9.17, 15) is 0 Å². The van der Waals surface area contributed by atoms with E-state index < -0.39 is 0 Å². The Bertz CT molecular complexity index is 299. The zero-order chi connectivity index (χ0) is 9.68. The Morgan fingerprint density at radius 1 is 1.62 bits per heavy atom. The number of nitrogens with one attached hydrogen (secondary N) is 2. The van der Waals surface area contributed by atoms with E-state index in [-0.39, 0.29) is 5.96 Å². The fourth-order valence-corrected chi connectivity index (χ4v) is 0.999. The van der Waals surface area contributed by atoms with Gasteiger partial charge in [0.25, 0.3) is 0 Å². The Labute approximate surface area is 77.2 Å². The molecule has 0 aliphatic carbocycles. The minimum atomic E-state index is -0.187. The molecule has 1 aromatic rings. The van der Waals surface area contributed by atoms with Crippen molar-refractivity contribution in [2.24, 2.45) is 5.73 Å². The van der Waals surface area contributed by atoms with Crippen molar-refractivity contribution >= 4 is 5.96 Å². The van der Waals surface area contributed by atoms with Crippen LogP contribution in [0.5, 0.6) is 0 Å². The summed E-state index contributed by atoms with van der Waals surface area (Å²) in [7, 11) is 0. The van der Waals surface area contributed by atoms with Crippen molar-refractivity contribution < 1.29 is 4.84 Å². The molecule has 0 amide bonds. The van der Waals surface area contributed by atoms with Crippen molar-refractivity contribution in [2.75, 3.05) is 0 Å². The van der Waals surface area contributed by atoms with Crippen LogP contribution in [0.25, 0.3) is 0 Å². The van der Waals surface area contributed by atoms with Gasteiger partial charge >= 0.3 is 0 Å². The Morgan fingerprint density at radius 2 is 2.38 bits per heavy atom. The smallest absolute Gasteiger partial charge is 0.210 e. The van der Waals surface area contributed by atoms with Gasteiger partial charge in [0.1, 0.15) is 0 Å². The van der Waals surface area contributed by atoms with Crippen molar-refractivity contribution in [1.29, 1.82) is 5.41 Å². The Kier molecular flexibility index (Phi) is 3.28. The van der Waals surface area contributed by atoms with Gasteiger partial charge in [-0.1, -0.05) is 29.8 Å². The van der Waals surface area contributed by atoms with Gasteiger partial charge in [-0.05, 0) is 12.5 Å². The molecule has 13 heavy (non-hydrogen) atoms. The third-order valence-corrected chi connectivity index (χ3v) is 1.50. The summed E-state index contributed by atoms with van der Waals surface area (Å²) in [4.78, 5) is 4.94. The number of guanidine groups is 1. The van der Waals surface area contributed by atoms with E-state index >= 15 is 0 Å². The van der Waals surface area contributed by atoms with Crippen LogP contribution >= 0.6 is 0 Å². The second-order valence-corrected chi connectivity index (χ2v) is 2.79. The van der Waals surface area contributed by atoms with Gasteiger partial charge < -0.3 is 5.73 Å². The molecule has 0 fully saturated rings. The summed E-state index contributed by atoms with van der Waals surface area (Å²) in [5, 5.41) is 6.84. The predicted octanol–water partition coefficient (Wildman–Crippen LogP) is 0.910. The van der Waals surface area contributed by atoms with Crippen molar-refractivity contribution in [2.45, 2.75) is 13.5 Å². The first-order valence-electron chi connectivity index (χ1n) is 3.96. The number of nitrogens with two attached hydrogens (primary N) is 1. The van der Waals surface area contributed by atoms with Crippen LogP contribution in [-0.2, 0) is 11.4 Å². The van der Waals surface area contributed by atoms with Crippen LogP contribution in [0.2, 0.25) is 0 Å². The minimum absolute atomic E-state index is 0.187. The molecular formula is C9H13N3O. The molecule has 0 aliphatic rings. The normalized spacial score (nSPS) is 9.62. The van der Waals surface area contributed by atoms with Crippen molar-refractivity contribution in [3.05, 3.63) is 35.4 Å². The van der Waals surface area contributed by atoms with Gasteiger partial charge in [-0.15, -0.1) is 0 Å². The maximum Gasteiger partial charge on any atom is 0.210 e. The molecule has 1 rings (SSSR count). The van der Waals surface area contributed by atoms with Crippen LogP contribution in [0.3, 0.4) is 0 Å². The summed E-state index contributed by atoms with van der Waals surface area (Å²) >= 11 is 0. The molecule has 0 aliphatic heterocycles. The molecule has 0 unspecified atom stereocenters. The molecule has 0 aromatic heterocycles. The average molecular weight is 179 g/mol. The van der Waals surface area contributed by atoms with Crippen LogP contribution in [0.15, 0.2) is 24.3 Å². The Morgan fingerprint density at radius 3 is 3.00 bits per heavy atom. The van der Waals surface area contributed by atoms with E-state index in [1.165, 1.54) is 5.56 Å². The first-order valence-corrected chi connectivity index (χ1v) is 3.96. The van der Waals surface area contributed by atoms with Crippen molar-refractivity contribution in [3.8, 4) is 0 Å². The van der Waals surface area contributed by atoms with E-state index in [0.717, 1.165) is 5.56 Å². The van der Waals surface area contributed by atoms with Gasteiger partial charge in [-0.2, -0.15) is 0 Å². The van der Waals surface area contributed by atoms with Crippen molar-refractivity contribution in [1.82, 2.24) is 5.48 Å². The maximum absolute atomic E-state index is 6.84. The molecule has 0 saturated heterocycles. The summed E-state index contributed by atoms with van der Waals surface area (Å²) in [5.74, 6) is -0.187. The van der Waals surface area contributed by atoms with E-state index in [2.05, 4.69) is 5.48 Å². The average Bonchev–Trinajstić information content (AvgIpc) is 2.03. The molecule has 0 atom stereocenters. The summed E-state index contributed by atoms with van der Waals surface area (Å²) < 4.78 is 0. The van der Waals surface area contributed by atoms with Gasteiger partial charge in [-0.25, -0.2) is 5.48 Å². The van der Waals surface area contributed by atoms with E-state index in [4.69, 9.17) is 16.0 Å². The highest BCUT2D eigenvalue weighted by Crippen LogP contribution is 2.04. The number of aryl methyl sites for hydroxylation is 1. The molecule has 0 saturated carbocycles. The third kappa shape index (κ3) is 3.57. The quantitative estimate of drug-likeness (QED) is 0.367. The second-order valence-electron chi connectivity index (χ2n) is 2.79. The molecule has 4 nitrogen and oxygen atoms in total. The van der Waals surface area contributed by atoms with Gasteiger partial charge in [0.2, 0.25) is 5.96 Å². The number of hydrogen-bond acceptors (Lipinski definition) is 2. The predicted molar refractivity (Wildman–Crippen MR) is 51.0 cm³/mol. The minimum Gasteiger partial charge on any atom is -0.368 e. The SMILES string of the molecule is Cc1cccc(CONC(=N)N)c1. The maximum atomic E-state index is 6.84. The molecule has 0 radical (unpaired) electrons. The highest BCUT2D eigenvalue weighted by molar-refractivity contribution is 5.72. The molecular weight excluding hydrogens is 166 g/mol. The Balaban J connectivity index is 2.41. The Hall–Kier alpha value is -1.55. The first-order chi connectivity index (χ1) is 6.18. The van der Waals surface area contributed by atoms with Gasteiger partial charge in [0.05, 0.1) is 6.61 Å². The fraction of sp³-hybridized carbons (Fsp3) is 0.222. The monoisotopic (exact) mass is 179 g/mol. The lowest BCUT2D eigenvalue weighted by molar-refractivity contribution is 0.0698. The van der Waals surface area contributed by atoms with Crippen LogP contribution in [0.1, 0.15) is 11.1 Å². The lowest BCUT2D eigenvalue weighted by Crippen LogP contribution is -2.30. The number of hydroxylamine groups is 1. The van der Waals surface area contributed by atoms with Crippen LogP contribution in [0, 0.1) is 12.3 Å². The molecule has 4 heteroatoms. The zero-order valence-corrected chi connectivity index (χ0v) is 7.50.